The molecule has 0 radical (unpaired) electrons. The third-order valence-corrected chi connectivity index (χ3v) is 6.08. The molecule has 1 atom stereocenters. The van der Waals surface area contributed by atoms with Crippen molar-refractivity contribution in [3.8, 4) is 0 Å². The highest BCUT2D eigenvalue weighted by molar-refractivity contribution is 14.1. The normalized spacial score (nSPS) is 12.8. The third kappa shape index (κ3) is 2.69. The summed E-state index contributed by atoms with van der Waals surface area (Å²) in [7, 11) is 0. The molecule has 17 heavy (non-hydrogen) atoms. The predicted octanol–water partition coefficient (Wildman–Crippen LogP) is 5.61. The molecular formula is C14H14ClIS. The molecule has 0 saturated heterocycles. The Morgan fingerprint density at radius 3 is 2.47 bits per heavy atom. The second-order valence-electron chi connectivity index (χ2n) is 4.24. The van der Waals surface area contributed by atoms with Crippen LogP contribution in [0.2, 0.25) is 0 Å². The van der Waals surface area contributed by atoms with Crippen LogP contribution in [-0.2, 0) is 0 Å². The Kier molecular flexibility index (Phi) is 4.16. The second kappa shape index (κ2) is 5.29. The van der Waals surface area contributed by atoms with Crippen molar-refractivity contribution < 1.29 is 0 Å². The van der Waals surface area contributed by atoms with Crippen LogP contribution >= 0.6 is 45.5 Å². The maximum Gasteiger partial charge on any atom is 0.0940 e. The van der Waals surface area contributed by atoms with Crippen molar-refractivity contribution in [1.29, 1.82) is 0 Å². The topological polar surface area (TPSA) is 0 Å². The third-order valence-electron chi connectivity index (χ3n) is 2.80. The Balaban J connectivity index is 2.47. The van der Waals surface area contributed by atoms with Crippen LogP contribution in [0, 0.1) is 24.3 Å². The van der Waals surface area contributed by atoms with Gasteiger partial charge in [0, 0.05) is 13.3 Å². The van der Waals surface area contributed by atoms with E-state index in [4.69, 9.17) is 11.6 Å². The molecule has 0 bridgehead atoms. The van der Waals surface area contributed by atoms with E-state index in [0.717, 1.165) is 0 Å². The van der Waals surface area contributed by atoms with Gasteiger partial charge in [-0.1, -0.05) is 18.2 Å². The maximum absolute atomic E-state index is 6.63. The highest BCUT2D eigenvalue weighted by atomic mass is 127. The van der Waals surface area contributed by atoms with E-state index in [2.05, 4.69) is 67.6 Å². The lowest BCUT2D eigenvalue weighted by Crippen LogP contribution is -1.97. The first kappa shape index (κ1) is 13.4. The Labute approximate surface area is 125 Å². The van der Waals surface area contributed by atoms with Gasteiger partial charge in [-0.05, 0) is 66.1 Å². The Morgan fingerprint density at radius 2 is 1.88 bits per heavy atom. The Hall–Kier alpha value is -0.0600. The molecule has 0 aliphatic carbocycles. The molecule has 1 aromatic heterocycles. The maximum atomic E-state index is 6.63. The van der Waals surface area contributed by atoms with Crippen molar-refractivity contribution in [3.05, 3.63) is 54.3 Å². The predicted molar refractivity (Wildman–Crippen MR) is 85.4 cm³/mol. The van der Waals surface area contributed by atoms with Gasteiger partial charge in [0.1, 0.15) is 0 Å². The minimum absolute atomic E-state index is 0.0273. The van der Waals surface area contributed by atoms with Crippen molar-refractivity contribution in [1.82, 2.24) is 0 Å². The number of hydrogen-bond donors (Lipinski definition) is 0. The highest BCUT2D eigenvalue weighted by Gasteiger charge is 2.18. The van der Waals surface area contributed by atoms with Crippen LogP contribution in [0.4, 0.5) is 0 Å². The largest absolute Gasteiger partial charge is 0.143 e. The summed E-state index contributed by atoms with van der Waals surface area (Å²) in [6.07, 6.45) is 0. The molecule has 0 fully saturated rings. The molecule has 0 amide bonds. The van der Waals surface area contributed by atoms with E-state index in [-0.39, 0.29) is 5.38 Å². The van der Waals surface area contributed by atoms with Crippen molar-refractivity contribution >= 4 is 45.5 Å². The molecule has 0 aliphatic heterocycles. The second-order valence-corrected chi connectivity index (χ2v) is 7.05. The smallest absolute Gasteiger partial charge is 0.0940 e. The van der Waals surface area contributed by atoms with E-state index >= 15 is 0 Å². The molecular weight excluding hydrogens is 363 g/mol. The average molecular weight is 377 g/mol. The summed E-state index contributed by atoms with van der Waals surface area (Å²) in [6.45, 7) is 6.39. The number of thiophene rings is 1. The van der Waals surface area contributed by atoms with Gasteiger partial charge in [0.2, 0.25) is 0 Å². The minimum Gasteiger partial charge on any atom is -0.143 e. The van der Waals surface area contributed by atoms with E-state index in [1.807, 2.05) is 0 Å². The minimum atomic E-state index is -0.0273. The van der Waals surface area contributed by atoms with Gasteiger partial charge in [0.25, 0.3) is 0 Å². The van der Waals surface area contributed by atoms with Gasteiger partial charge in [-0.15, -0.1) is 22.9 Å². The molecule has 0 saturated carbocycles. The summed E-state index contributed by atoms with van der Waals surface area (Å²) >= 11 is 10.8. The van der Waals surface area contributed by atoms with Crippen LogP contribution in [0.5, 0.6) is 0 Å². The van der Waals surface area contributed by atoms with Crippen molar-refractivity contribution in [2.24, 2.45) is 0 Å². The fourth-order valence-electron chi connectivity index (χ4n) is 1.92. The molecule has 0 nitrogen and oxygen atoms in total. The molecule has 0 spiro atoms. The van der Waals surface area contributed by atoms with Crippen LogP contribution < -0.4 is 0 Å². The first-order valence-electron chi connectivity index (χ1n) is 5.46. The molecule has 1 aromatic carbocycles. The number of aryl methyl sites for hydroxylation is 3. The zero-order valence-electron chi connectivity index (χ0n) is 10.1. The van der Waals surface area contributed by atoms with Gasteiger partial charge >= 0.3 is 0 Å². The molecule has 90 valence electrons. The van der Waals surface area contributed by atoms with Crippen molar-refractivity contribution in [2.45, 2.75) is 26.1 Å². The number of rotatable bonds is 2. The molecule has 2 rings (SSSR count). The fraction of sp³-hybridized carbons (Fsp3) is 0.286. The summed E-state index contributed by atoms with van der Waals surface area (Å²) in [5.41, 5.74) is 3.81. The summed E-state index contributed by atoms with van der Waals surface area (Å²) in [6, 6.07) is 8.54. The number of benzene rings is 1. The molecule has 1 unspecified atom stereocenters. The molecule has 3 heteroatoms. The lowest BCUT2D eigenvalue weighted by atomic mass is 10.1. The van der Waals surface area contributed by atoms with Crippen LogP contribution in [0.15, 0.2) is 24.3 Å². The van der Waals surface area contributed by atoms with Crippen LogP contribution in [0.25, 0.3) is 0 Å². The monoisotopic (exact) mass is 376 g/mol. The van der Waals surface area contributed by atoms with Gasteiger partial charge in [-0.25, -0.2) is 0 Å². The average Bonchev–Trinajstić information content (AvgIpc) is 2.61. The fourth-order valence-corrected chi connectivity index (χ4v) is 4.29. The molecule has 1 heterocycles. The van der Waals surface area contributed by atoms with E-state index in [1.165, 1.54) is 30.0 Å². The Bertz CT molecular complexity index is 545. The molecule has 0 aliphatic rings. The summed E-state index contributed by atoms with van der Waals surface area (Å²) in [5, 5.41) is -0.0273. The van der Waals surface area contributed by atoms with Gasteiger partial charge in [0.15, 0.2) is 0 Å². The van der Waals surface area contributed by atoms with Crippen molar-refractivity contribution in [3.63, 3.8) is 0 Å². The van der Waals surface area contributed by atoms with E-state index in [1.54, 1.807) is 11.3 Å². The zero-order chi connectivity index (χ0) is 12.6. The van der Waals surface area contributed by atoms with Crippen molar-refractivity contribution in [2.75, 3.05) is 0 Å². The number of halogens is 2. The van der Waals surface area contributed by atoms with Gasteiger partial charge < -0.3 is 0 Å². The highest BCUT2D eigenvalue weighted by Crippen LogP contribution is 2.38. The lowest BCUT2D eigenvalue weighted by molar-refractivity contribution is 1.13. The standard InChI is InChI=1S/C14H14ClIS/c1-8-5-4-6-11(13(8)16)12(15)14-9(2)7-10(3)17-14/h4-7,12H,1-3H3. The Morgan fingerprint density at radius 1 is 1.18 bits per heavy atom. The van der Waals surface area contributed by atoms with E-state index in [9.17, 15) is 0 Å². The zero-order valence-corrected chi connectivity index (χ0v) is 13.8. The van der Waals surface area contributed by atoms with Gasteiger partial charge in [-0.3, -0.25) is 0 Å². The summed E-state index contributed by atoms with van der Waals surface area (Å²) < 4.78 is 1.27. The summed E-state index contributed by atoms with van der Waals surface area (Å²) in [4.78, 5) is 2.60. The van der Waals surface area contributed by atoms with Crippen LogP contribution in [0.3, 0.4) is 0 Å². The molecule has 2 aromatic rings. The van der Waals surface area contributed by atoms with Gasteiger partial charge in [-0.2, -0.15) is 0 Å². The summed E-state index contributed by atoms with van der Waals surface area (Å²) in [5.74, 6) is 0. The SMILES string of the molecule is Cc1cc(C)c(C(Cl)c2cccc(C)c2I)s1. The van der Waals surface area contributed by atoms with Crippen LogP contribution in [-0.4, -0.2) is 0 Å². The number of alkyl halides is 1. The molecule has 0 N–H and O–H groups in total. The first-order chi connectivity index (χ1) is 8.00. The first-order valence-corrected chi connectivity index (χ1v) is 7.80. The number of hydrogen-bond acceptors (Lipinski definition) is 1. The quantitative estimate of drug-likeness (QED) is 0.472. The van der Waals surface area contributed by atoms with Gasteiger partial charge in [0.05, 0.1) is 5.38 Å². The van der Waals surface area contributed by atoms with E-state index < -0.39 is 0 Å². The lowest BCUT2D eigenvalue weighted by Gasteiger charge is -2.13. The van der Waals surface area contributed by atoms with Crippen LogP contribution in [0.1, 0.15) is 31.8 Å². The van der Waals surface area contributed by atoms with E-state index in [0.29, 0.717) is 0 Å².